The Balaban J connectivity index is 1.82. The third-order valence-corrected chi connectivity index (χ3v) is 4.30. The molecule has 1 aromatic heterocycles. The second-order valence-corrected chi connectivity index (χ2v) is 6.41. The van der Waals surface area contributed by atoms with Gasteiger partial charge in [-0.1, -0.05) is 30.3 Å². The van der Waals surface area contributed by atoms with Gasteiger partial charge in [0.15, 0.2) is 11.5 Å². The van der Waals surface area contributed by atoms with Gasteiger partial charge in [-0.05, 0) is 36.8 Å². The first kappa shape index (κ1) is 22.0. The van der Waals surface area contributed by atoms with Crippen LogP contribution in [0.3, 0.4) is 0 Å². The Kier molecular flexibility index (Phi) is 6.82. The van der Waals surface area contributed by atoms with Gasteiger partial charge in [-0.25, -0.2) is 0 Å². The topological polar surface area (TPSA) is 151 Å². The summed E-state index contributed by atoms with van der Waals surface area (Å²) >= 11 is 0. The zero-order valence-corrected chi connectivity index (χ0v) is 16.9. The third-order valence-electron chi connectivity index (χ3n) is 4.30. The highest BCUT2D eigenvalue weighted by atomic mass is 16.6. The van der Waals surface area contributed by atoms with Crippen molar-refractivity contribution in [1.82, 2.24) is 9.97 Å². The average molecular weight is 434 g/mol. The number of aromatic amines is 1. The Morgan fingerprint density at radius 3 is 2.69 bits per heavy atom. The van der Waals surface area contributed by atoms with E-state index in [1.54, 1.807) is 36.4 Å². The van der Waals surface area contributed by atoms with Gasteiger partial charge in [-0.3, -0.25) is 14.9 Å². The molecule has 0 bridgehead atoms. The molecule has 0 saturated heterocycles. The van der Waals surface area contributed by atoms with E-state index in [9.17, 15) is 25.3 Å². The normalized spacial score (nSPS) is 10.6. The van der Waals surface area contributed by atoms with Crippen molar-refractivity contribution < 1.29 is 19.5 Å². The molecule has 162 valence electrons. The van der Waals surface area contributed by atoms with Crippen molar-refractivity contribution in [3.63, 3.8) is 0 Å². The molecule has 1 heterocycles. The Morgan fingerprint density at radius 1 is 1.22 bits per heavy atom. The Bertz CT molecular complexity index is 1280. The number of aromatic hydroxyl groups is 1. The van der Waals surface area contributed by atoms with E-state index in [0.29, 0.717) is 29.2 Å². The molecule has 0 atom stereocenters. The standard InChI is InChI=1S/C22H18N4O6/c1-2-31-18-11-14(8-10-19-24-21(27)20(26(29)30)22(28)25-19)7-9-17(18)32-13-16-6-4-3-5-15(16)12-23/h3-11H,2,13H2,1H3,(H2,24,25,27,28)/b10-8-. The van der Waals surface area contributed by atoms with Crippen molar-refractivity contribution in [2.75, 3.05) is 6.61 Å². The van der Waals surface area contributed by atoms with E-state index >= 15 is 0 Å². The number of benzene rings is 2. The fourth-order valence-corrected chi connectivity index (χ4v) is 2.82. The van der Waals surface area contributed by atoms with Crippen LogP contribution in [0.4, 0.5) is 5.69 Å². The molecule has 10 nitrogen and oxygen atoms in total. The second kappa shape index (κ2) is 9.90. The molecule has 3 aromatic rings. The summed E-state index contributed by atoms with van der Waals surface area (Å²) in [5, 5.41) is 29.6. The van der Waals surface area contributed by atoms with Crippen molar-refractivity contribution in [3.8, 4) is 23.4 Å². The summed E-state index contributed by atoms with van der Waals surface area (Å²) in [5.41, 5.74) is -0.134. The monoisotopic (exact) mass is 434 g/mol. The molecule has 32 heavy (non-hydrogen) atoms. The molecule has 0 unspecified atom stereocenters. The maximum absolute atomic E-state index is 11.7. The number of aromatic nitrogens is 2. The zero-order valence-electron chi connectivity index (χ0n) is 16.9. The van der Waals surface area contributed by atoms with Gasteiger partial charge in [-0.2, -0.15) is 10.2 Å². The van der Waals surface area contributed by atoms with Crippen molar-refractivity contribution in [1.29, 1.82) is 5.26 Å². The summed E-state index contributed by atoms with van der Waals surface area (Å²) in [6.45, 7) is 2.40. The summed E-state index contributed by atoms with van der Waals surface area (Å²) < 4.78 is 11.5. The minimum atomic E-state index is -1.06. The van der Waals surface area contributed by atoms with E-state index in [-0.39, 0.29) is 12.4 Å². The van der Waals surface area contributed by atoms with E-state index < -0.39 is 22.0 Å². The molecule has 0 spiro atoms. The maximum Gasteiger partial charge on any atom is 0.395 e. The lowest BCUT2D eigenvalue weighted by atomic mass is 10.1. The summed E-state index contributed by atoms with van der Waals surface area (Å²) in [5.74, 6) is -0.0624. The van der Waals surface area contributed by atoms with E-state index in [2.05, 4.69) is 16.0 Å². The number of hydrogen-bond acceptors (Lipinski definition) is 8. The van der Waals surface area contributed by atoms with Crippen LogP contribution in [-0.2, 0) is 6.61 Å². The molecule has 0 saturated carbocycles. The molecule has 10 heteroatoms. The first-order valence-corrected chi connectivity index (χ1v) is 9.46. The molecule has 0 fully saturated rings. The van der Waals surface area contributed by atoms with Crippen molar-refractivity contribution >= 4 is 17.8 Å². The van der Waals surface area contributed by atoms with Crippen LogP contribution in [0.15, 0.2) is 47.3 Å². The lowest BCUT2D eigenvalue weighted by Gasteiger charge is -2.13. The average Bonchev–Trinajstić information content (AvgIpc) is 2.76. The highest BCUT2D eigenvalue weighted by molar-refractivity contribution is 5.68. The van der Waals surface area contributed by atoms with Crippen molar-refractivity contribution in [2.24, 2.45) is 0 Å². The number of nitrogens with one attached hydrogen (secondary N) is 1. The molecule has 0 aliphatic rings. The summed E-state index contributed by atoms with van der Waals surface area (Å²) in [7, 11) is 0. The van der Waals surface area contributed by atoms with Crippen LogP contribution in [0.25, 0.3) is 12.2 Å². The Morgan fingerprint density at radius 2 is 2.00 bits per heavy atom. The maximum atomic E-state index is 11.7. The molecule has 0 amide bonds. The van der Waals surface area contributed by atoms with Crippen LogP contribution in [0, 0.1) is 21.4 Å². The second-order valence-electron chi connectivity index (χ2n) is 6.41. The van der Waals surface area contributed by atoms with Crippen LogP contribution < -0.4 is 15.0 Å². The van der Waals surface area contributed by atoms with Crippen molar-refractivity contribution in [2.45, 2.75) is 13.5 Å². The molecule has 2 N–H and O–H groups in total. The van der Waals surface area contributed by atoms with E-state index in [1.807, 2.05) is 19.1 Å². The number of H-pyrrole nitrogens is 1. The van der Waals surface area contributed by atoms with Gasteiger partial charge in [0.25, 0.3) is 5.88 Å². The van der Waals surface area contributed by atoms with Crippen LogP contribution in [0.1, 0.15) is 29.4 Å². The van der Waals surface area contributed by atoms with Crippen LogP contribution in [0.2, 0.25) is 0 Å². The van der Waals surface area contributed by atoms with Gasteiger partial charge in [-0.15, -0.1) is 0 Å². The zero-order chi connectivity index (χ0) is 23.1. The number of ether oxygens (including phenoxy) is 2. The summed E-state index contributed by atoms with van der Waals surface area (Å²) in [6, 6.07) is 14.4. The number of nitrogens with zero attached hydrogens (tertiary/aromatic N) is 3. The highest BCUT2D eigenvalue weighted by Gasteiger charge is 2.21. The van der Waals surface area contributed by atoms with E-state index in [0.717, 1.165) is 5.56 Å². The van der Waals surface area contributed by atoms with Gasteiger partial charge in [0, 0.05) is 5.56 Å². The first-order chi connectivity index (χ1) is 15.4. The Labute approximate surface area is 182 Å². The predicted octanol–water partition coefficient (Wildman–Crippen LogP) is 3.40. The molecule has 2 aromatic carbocycles. The van der Waals surface area contributed by atoms with Gasteiger partial charge in [0.1, 0.15) is 12.4 Å². The number of hydrogen-bond donors (Lipinski definition) is 2. The van der Waals surface area contributed by atoms with Crippen LogP contribution in [0.5, 0.6) is 17.4 Å². The quantitative estimate of drug-likeness (QED) is 0.404. The SMILES string of the molecule is CCOc1cc(/C=C\c2nc(O)c([N+](=O)[O-])c(=O)[nH]2)ccc1OCc1ccccc1C#N. The van der Waals surface area contributed by atoms with Gasteiger partial charge in [0.05, 0.1) is 23.2 Å². The molecule has 0 radical (unpaired) electrons. The molecule has 0 aliphatic heterocycles. The lowest BCUT2D eigenvalue weighted by Crippen LogP contribution is -2.14. The fourth-order valence-electron chi connectivity index (χ4n) is 2.82. The van der Waals surface area contributed by atoms with Gasteiger partial charge < -0.3 is 19.6 Å². The van der Waals surface area contributed by atoms with E-state index in [1.165, 1.54) is 6.08 Å². The van der Waals surface area contributed by atoms with Crippen LogP contribution in [-0.4, -0.2) is 26.6 Å². The smallest absolute Gasteiger partial charge is 0.395 e. The van der Waals surface area contributed by atoms with Gasteiger partial charge >= 0.3 is 11.2 Å². The number of rotatable bonds is 8. The predicted molar refractivity (Wildman–Crippen MR) is 115 cm³/mol. The number of nitro groups is 1. The minimum absolute atomic E-state index is 0.0514. The number of nitriles is 1. The van der Waals surface area contributed by atoms with E-state index in [4.69, 9.17) is 9.47 Å². The summed E-state index contributed by atoms with van der Waals surface area (Å²) in [4.78, 5) is 27.4. The fraction of sp³-hybridized carbons (Fsp3) is 0.136. The lowest BCUT2D eigenvalue weighted by molar-refractivity contribution is -0.387. The largest absolute Gasteiger partial charge is 0.490 e. The Hall–Kier alpha value is -4.65. The summed E-state index contributed by atoms with van der Waals surface area (Å²) in [6.07, 6.45) is 2.97. The molecular weight excluding hydrogens is 416 g/mol. The first-order valence-electron chi connectivity index (χ1n) is 9.46. The third kappa shape index (κ3) is 5.09. The van der Waals surface area contributed by atoms with Crippen molar-refractivity contribution in [3.05, 3.63) is 85.4 Å². The molecular formula is C22H18N4O6. The molecule has 3 rings (SSSR count). The molecule has 0 aliphatic carbocycles. The highest BCUT2D eigenvalue weighted by Crippen LogP contribution is 2.30. The minimum Gasteiger partial charge on any atom is -0.490 e. The van der Waals surface area contributed by atoms with Crippen LogP contribution >= 0.6 is 0 Å². The van der Waals surface area contributed by atoms with Gasteiger partial charge in [0.2, 0.25) is 0 Å².